The number of carboxylic acid groups (broad SMARTS) is 1. The van der Waals surface area contributed by atoms with E-state index in [1.807, 2.05) is 30.3 Å². The van der Waals surface area contributed by atoms with Gasteiger partial charge in [-0.1, -0.05) is 30.3 Å². The van der Waals surface area contributed by atoms with Crippen LogP contribution in [0.4, 0.5) is 0 Å². The number of nitrogens with zero attached hydrogens (tertiary/aromatic N) is 2. The topological polar surface area (TPSA) is 63.8 Å². The Balaban J connectivity index is 1.85. The minimum Gasteiger partial charge on any atom is -0.487 e. The lowest BCUT2D eigenvalue weighted by Crippen LogP contribution is -2.04. The van der Waals surface area contributed by atoms with Crippen LogP contribution in [0.2, 0.25) is 0 Å². The van der Waals surface area contributed by atoms with E-state index in [0.717, 1.165) is 11.1 Å². The maximum Gasteiger partial charge on any atom is 0.372 e. The number of fused-ring (bicyclic) bond motifs is 1. The summed E-state index contributed by atoms with van der Waals surface area (Å²) in [7, 11) is 0. The smallest absolute Gasteiger partial charge is 0.372 e. The van der Waals surface area contributed by atoms with E-state index >= 15 is 0 Å². The van der Waals surface area contributed by atoms with Crippen LogP contribution in [0.5, 0.6) is 5.75 Å². The van der Waals surface area contributed by atoms with Gasteiger partial charge in [-0.3, -0.25) is 4.40 Å². The zero-order chi connectivity index (χ0) is 13.9. The van der Waals surface area contributed by atoms with E-state index < -0.39 is 5.97 Å². The Hall–Kier alpha value is -2.82. The molecule has 0 aliphatic heterocycles. The van der Waals surface area contributed by atoms with Crippen LogP contribution < -0.4 is 4.74 Å². The van der Waals surface area contributed by atoms with E-state index in [-0.39, 0.29) is 5.82 Å². The molecule has 0 saturated heterocycles. The van der Waals surface area contributed by atoms with Crippen molar-refractivity contribution in [2.75, 3.05) is 0 Å². The van der Waals surface area contributed by atoms with Crippen molar-refractivity contribution < 1.29 is 14.6 Å². The fourth-order valence-corrected chi connectivity index (χ4v) is 1.96. The number of aromatic nitrogens is 2. The Labute approximate surface area is 115 Å². The lowest BCUT2D eigenvalue weighted by atomic mass is 10.2. The van der Waals surface area contributed by atoms with Gasteiger partial charge in [-0.15, -0.1) is 0 Å². The highest BCUT2D eigenvalue weighted by atomic mass is 16.5. The molecule has 0 amide bonds. The molecule has 1 aromatic carbocycles. The van der Waals surface area contributed by atoms with Gasteiger partial charge in [0, 0.05) is 0 Å². The molecular formula is C15H12N2O3. The molecule has 0 atom stereocenters. The molecule has 100 valence electrons. The first-order chi connectivity index (χ1) is 9.74. The summed E-state index contributed by atoms with van der Waals surface area (Å²) in [6.45, 7) is 0.434. The van der Waals surface area contributed by atoms with Crippen LogP contribution in [0.3, 0.4) is 0 Å². The number of rotatable bonds is 4. The third kappa shape index (κ3) is 2.33. The van der Waals surface area contributed by atoms with Gasteiger partial charge in [0.25, 0.3) is 0 Å². The van der Waals surface area contributed by atoms with Crippen LogP contribution in [0.1, 0.15) is 16.2 Å². The van der Waals surface area contributed by atoms with Crippen molar-refractivity contribution in [2.24, 2.45) is 0 Å². The molecule has 5 heteroatoms. The molecule has 2 aromatic heterocycles. The summed E-state index contributed by atoms with van der Waals surface area (Å²) in [4.78, 5) is 14.9. The highest BCUT2D eigenvalue weighted by Gasteiger charge is 2.11. The van der Waals surface area contributed by atoms with Gasteiger partial charge >= 0.3 is 5.97 Å². The zero-order valence-corrected chi connectivity index (χ0v) is 10.6. The molecule has 20 heavy (non-hydrogen) atoms. The van der Waals surface area contributed by atoms with Crippen LogP contribution in [-0.4, -0.2) is 20.5 Å². The van der Waals surface area contributed by atoms with Crippen molar-refractivity contribution in [2.45, 2.75) is 6.61 Å². The molecule has 0 aliphatic carbocycles. The van der Waals surface area contributed by atoms with Gasteiger partial charge in [0.05, 0.1) is 17.9 Å². The van der Waals surface area contributed by atoms with Crippen molar-refractivity contribution in [3.8, 4) is 5.75 Å². The average Bonchev–Trinajstić information content (AvgIpc) is 2.89. The molecule has 5 nitrogen and oxygen atoms in total. The first-order valence-corrected chi connectivity index (χ1v) is 6.11. The molecular weight excluding hydrogens is 256 g/mol. The molecule has 0 fully saturated rings. The first kappa shape index (κ1) is 12.2. The van der Waals surface area contributed by atoms with Gasteiger partial charge in [0.1, 0.15) is 12.4 Å². The molecule has 0 saturated carbocycles. The second-order valence-corrected chi connectivity index (χ2v) is 4.32. The molecule has 0 unspecified atom stereocenters. The molecule has 0 spiro atoms. The molecule has 3 aromatic rings. The van der Waals surface area contributed by atoms with Crippen LogP contribution in [0, 0.1) is 0 Å². The van der Waals surface area contributed by atoms with Crippen LogP contribution >= 0.6 is 0 Å². The lowest BCUT2D eigenvalue weighted by Gasteiger charge is -2.07. The summed E-state index contributed by atoms with van der Waals surface area (Å²) in [5.41, 5.74) is 1.77. The zero-order valence-electron chi connectivity index (χ0n) is 10.6. The molecule has 3 rings (SSSR count). The Morgan fingerprint density at radius 2 is 2.00 bits per heavy atom. The maximum absolute atomic E-state index is 11.0. The van der Waals surface area contributed by atoms with Gasteiger partial charge in [0.2, 0.25) is 5.82 Å². The maximum atomic E-state index is 11.0. The van der Waals surface area contributed by atoms with Gasteiger partial charge in [-0.05, 0) is 17.7 Å². The summed E-state index contributed by atoms with van der Waals surface area (Å²) in [5, 5.41) is 9.05. The number of pyridine rings is 1. The molecule has 0 bridgehead atoms. The van der Waals surface area contributed by atoms with E-state index in [4.69, 9.17) is 9.84 Å². The standard InChI is InChI=1S/C15H12N2O3/c18-15(19)14-16-8-12-6-7-13(9-17(12)14)20-10-11-4-2-1-3-5-11/h1-9H,10H2,(H,18,19). The van der Waals surface area contributed by atoms with E-state index in [1.165, 1.54) is 10.6 Å². The lowest BCUT2D eigenvalue weighted by molar-refractivity contribution is 0.0683. The van der Waals surface area contributed by atoms with Crippen molar-refractivity contribution in [1.82, 2.24) is 9.38 Å². The van der Waals surface area contributed by atoms with Crippen molar-refractivity contribution >= 4 is 11.5 Å². The number of carboxylic acids is 1. The fourth-order valence-electron chi connectivity index (χ4n) is 1.96. The highest BCUT2D eigenvalue weighted by Crippen LogP contribution is 2.16. The quantitative estimate of drug-likeness (QED) is 0.790. The molecule has 1 N–H and O–H groups in total. The Bertz CT molecular complexity index is 750. The average molecular weight is 268 g/mol. The van der Waals surface area contributed by atoms with Gasteiger partial charge in [0.15, 0.2) is 0 Å². The predicted octanol–water partition coefficient (Wildman–Crippen LogP) is 2.61. The number of ether oxygens (including phenoxy) is 1. The summed E-state index contributed by atoms with van der Waals surface area (Å²) in [6, 6.07) is 13.4. The Morgan fingerprint density at radius 3 is 2.75 bits per heavy atom. The number of hydrogen-bond donors (Lipinski definition) is 1. The van der Waals surface area contributed by atoms with Crippen LogP contribution in [0.15, 0.2) is 54.9 Å². The van der Waals surface area contributed by atoms with Crippen molar-refractivity contribution in [1.29, 1.82) is 0 Å². The summed E-state index contributed by atoms with van der Waals surface area (Å²) < 4.78 is 7.17. The number of imidazole rings is 1. The highest BCUT2D eigenvalue weighted by molar-refractivity contribution is 5.85. The van der Waals surface area contributed by atoms with E-state index in [1.54, 1.807) is 18.3 Å². The summed E-state index contributed by atoms with van der Waals surface area (Å²) in [5.74, 6) is -0.489. The SMILES string of the molecule is O=C(O)c1ncc2ccc(OCc3ccccc3)cn12. The normalized spacial score (nSPS) is 10.6. The number of benzene rings is 1. The largest absolute Gasteiger partial charge is 0.487 e. The van der Waals surface area contributed by atoms with Gasteiger partial charge in [-0.25, -0.2) is 9.78 Å². The van der Waals surface area contributed by atoms with E-state index in [0.29, 0.717) is 12.4 Å². The fraction of sp³-hybridized carbons (Fsp3) is 0.0667. The predicted molar refractivity (Wildman–Crippen MR) is 72.9 cm³/mol. The minimum atomic E-state index is -1.06. The number of aromatic carboxylic acids is 1. The van der Waals surface area contributed by atoms with Crippen molar-refractivity contribution in [3.63, 3.8) is 0 Å². The van der Waals surface area contributed by atoms with Crippen molar-refractivity contribution in [3.05, 3.63) is 66.2 Å². The first-order valence-electron chi connectivity index (χ1n) is 6.11. The van der Waals surface area contributed by atoms with Gasteiger partial charge in [-0.2, -0.15) is 0 Å². The van der Waals surface area contributed by atoms with E-state index in [2.05, 4.69) is 4.98 Å². The minimum absolute atomic E-state index is 0.0230. The third-order valence-corrected chi connectivity index (χ3v) is 2.94. The molecule has 0 radical (unpaired) electrons. The molecule has 0 aliphatic rings. The number of carbonyl (C=O) groups is 1. The summed E-state index contributed by atoms with van der Waals surface area (Å²) >= 11 is 0. The third-order valence-electron chi connectivity index (χ3n) is 2.94. The monoisotopic (exact) mass is 268 g/mol. The van der Waals surface area contributed by atoms with Crippen LogP contribution in [0.25, 0.3) is 5.52 Å². The van der Waals surface area contributed by atoms with Crippen LogP contribution in [-0.2, 0) is 6.61 Å². The molecule has 2 heterocycles. The summed E-state index contributed by atoms with van der Waals surface area (Å²) in [6.07, 6.45) is 3.15. The number of hydrogen-bond acceptors (Lipinski definition) is 3. The second kappa shape index (κ2) is 5.05. The second-order valence-electron chi connectivity index (χ2n) is 4.32. The van der Waals surface area contributed by atoms with Gasteiger partial charge < -0.3 is 9.84 Å². The Kier molecular flexibility index (Phi) is 3.09. The van der Waals surface area contributed by atoms with E-state index in [9.17, 15) is 4.79 Å². The Morgan fingerprint density at radius 1 is 1.20 bits per heavy atom.